The van der Waals surface area contributed by atoms with Crippen LogP contribution in [0.15, 0.2) is 36.5 Å². The molecule has 0 aliphatic carbocycles. The number of carbonyl (C=O) groups excluding carboxylic acids is 2. The van der Waals surface area contributed by atoms with Crippen molar-refractivity contribution in [2.45, 2.75) is 245 Å². The fraction of sp³-hybridized carbons (Fsp3) is 0.837. The van der Waals surface area contributed by atoms with Gasteiger partial charge in [0, 0.05) is 12.8 Å². The molecule has 0 bridgehead atoms. The average molecular weight is 839 g/mol. The highest BCUT2D eigenvalue weighted by atomic mass is 31.2. The molecule has 58 heavy (non-hydrogen) atoms. The Morgan fingerprint density at radius 3 is 1.33 bits per heavy atom. The van der Waals surface area contributed by atoms with Crippen LogP contribution in [0.2, 0.25) is 0 Å². The molecule has 8 nitrogen and oxygen atoms in total. The normalized spacial score (nSPS) is 13.5. The number of hydrogen-bond donors (Lipinski definition) is 1. The van der Waals surface area contributed by atoms with E-state index >= 15 is 0 Å². The molecule has 0 aliphatic rings. The standard InChI is InChI=1S/C49H91O8P/c1-4-7-9-11-13-15-17-19-21-22-23-24-25-26-27-28-30-31-33-35-37-39-41-43-48(50)54-45-47(46-56-58(52,53)55-6-3)57-49(51)44-42-40-38-36-34-32-29-20-18-16-14-12-10-8-5-2/h8,10,14,16,20,29,47H,4-7,9,11-13,15,17-19,21-28,30-46H2,1-3H3,(H,52,53)/b10-8-,16-14-,29-20-. The van der Waals surface area contributed by atoms with E-state index in [2.05, 4.69) is 50.3 Å². The minimum Gasteiger partial charge on any atom is -0.462 e. The number of phosphoric ester groups is 1. The number of ether oxygens (including phenoxy) is 2. The van der Waals surface area contributed by atoms with Crippen LogP contribution in [0.3, 0.4) is 0 Å². The predicted octanol–water partition coefficient (Wildman–Crippen LogP) is 15.6. The van der Waals surface area contributed by atoms with Crippen molar-refractivity contribution in [1.29, 1.82) is 0 Å². The first-order chi connectivity index (χ1) is 28.3. The van der Waals surface area contributed by atoms with Crippen LogP contribution in [0.25, 0.3) is 0 Å². The van der Waals surface area contributed by atoms with Crippen LogP contribution in [0.1, 0.15) is 239 Å². The topological polar surface area (TPSA) is 108 Å². The van der Waals surface area contributed by atoms with Crippen LogP contribution < -0.4 is 0 Å². The maximum Gasteiger partial charge on any atom is 0.472 e. The van der Waals surface area contributed by atoms with E-state index in [-0.39, 0.29) is 25.6 Å². The molecule has 0 aromatic rings. The maximum atomic E-state index is 12.6. The molecule has 0 saturated carbocycles. The van der Waals surface area contributed by atoms with Crippen LogP contribution in [-0.4, -0.2) is 42.8 Å². The Hall–Kier alpha value is -1.73. The SMILES string of the molecule is CC/C=C\C/C=C\C/C=C\CCCCCCCC(=O)OC(COC(=O)CCCCCCCCCCCCCCCCCCCCCCCCC)COP(=O)(O)OCC. The molecule has 0 rings (SSSR count). The fourth-order valence-electron chi connectivity index (χ4n) is 6.94. The zero-order valence-corrected chi connectivity index (χ0v) is 38.9. The molecule has 1 N–H and O–H groups in total. The van der Waals surface area contributed by atoms with E-state index in [0.29, 0.717) is 12.8 Å². The molecule has 9 heteroatoms. The first kappa shape index (κ1) is 56.3. The van der Waals surface area contributed by atoms with E-state index in [1.807, 2.05) is 0 Å². The Kier molecular flexibility index (Phi) is 43.5. The lowest BCUT2D eigenvalue weighted by Gasteiger charge is -2.19. The highest BCUT2D eigenvalue weighted by Crippen LogP contribution is 2.43. The van der Waals surface area contributed by atoms with Crippen molar-refractivity contribution in [2.24, 2.45) is 0 Å². The van der Waals surface area contributed by atoms with Crippen LogP contribution in [0.4, 0.5) is 0 Å². The van der Waals surface area contributed by atoms with Gasteiger partial charge >= 0.3 is 19.8 Å². The number of rotatable bonds is 45. The van der Waals surface area contributed by atoms with Gasteiger partial charge in [-0.2, -0.15) is 0 Å². The van der Waals surface area contributed by atoms with Crippen molar-refractivity contribution < 1.29 is 37.6 Å². The lowest BCUT2D eigenvalue weighted by atomic mass is 10.0. The van der Waals surface area contributed by atoms with Crippen molar-refractivity contribution in [1.82, 2.24) is 0 Å². The molecule has 0 amide bonds. The van der Waals surface area contributed by atoms with Gasteiger partial charge < -0.3 is 14.4 Å². The quantitative estimate of drug-likeness (QED) is 0.0279. The third kappa shape index (κ3) is 43.8. The van der Waals surface area contributed by atoms with E-state index < -0.39 is 26.5 Å². The number of phosphoric acid groups is 1. The van der Waals surface area contributed by atoms with Gasteiger partial charge in [-0.1, -0.05) is 211 Å². The minimum absolute atomic E-state index is 0.00237. The molecule has 0 spiro atoms. The lowest BCUT2D eigenvalue weighted by Crippen LogP contribution is -2.29. The summed E-state index contributed by atoms with van der Waals surface area (Å²) in [5.41, 5.74) is 0. The molecular weight excluding hydrogens is 748 g/mol. The second-order valence-corrected chi connectivity index (χ2v) is 17.6. The first-order valence-corrected chi connectivity index (χ1v) is 25.8. The largest absolute Gasteiger partial charge is 0.472 e. The summed E-state index contributed by atoms with van der Waals surface area (Å²) in [6, 6.07) is 0. The highest BCUT2D eigenvalue weighted by Gasteiger charge is 2.25. The summed E-state index contributed by atoms with van der Waals surface area (Å²) in [7, 11) is -4.29. The molecule has 0 aromatic heterocycles. The van der Waals surface area contributed by atoms with Gasteiger partial charge in [-0.25, -0.2) is 4.57 Å². The summed E-state index contributed by atoms with van der Waals surface area (Å²) in [6.07, 6.45) is 52.1. The van der Waals surface area contributed by atoms with Crippen LogP contribution in [-0.2, 0) is 32.7 Å². The monoisotopic (exact) mass is 839 g/mol. The molecule has 0 radical (unpaired) electrons. The molecule has 0 aromatic carbocycles. The van der Waals surface area contributed by atoms with Gasteiger partial charge in [-0.15, -0.1) is 0 Å². The van der Waals surface area contributed by atoms with E-state index in [4.69, 9.17) is 18.5 Å². The highest BCUT2D eigenvalue weighted by molar-refractivity contribution is 7.47. The third-order valence-electron chi connectivity index (χ3n) is 10.5. The first-order valence-electron chi connectivity index (χ1n) is 24.3. The summed E-state index contributed by atoms with van der Waals surface area (Å²) in [5.74, 6) is -0.808. The van der Waals surface area contributed by atoms with Gasteiger partial charge in [0.25, 0.3) is 0 Å². The molecule has 0 aliphatic heterocycles. The molecule has 340 valence electrons. The van der Waals surface area contributed by atoms with Gasteiger partial charge in [-0.3, -0.25) is 18.6 Å². The molecule has 0 heterocycles. The molecular formula is C49H91O8P. The van der Waals surface area contributed by atoms with Crippen molar-refractivity contribution in [3.05, 3.63) is 36.5 Å². The van der Waals surface area contributed by atoms with Crippen molar-refractivity contribution in [3.63, 3.8) is 0 Å². The second kappa shape index (κ2) is 44.8. The Morgan fingerprint density at radius 2 is 0.879 bits per heavy atom. The third-order valence-corrected chi connectivity index (χ3v) is 11.5. The minimum atomic E-state index is -4.29. The molecule has 2 atom stereocenters. The Labute approximate surface area is 357 Å². The number of allylic oxidation sites excluding steroid dienone is 6. The predicted molar refractivity (Wildman–Crippen MR) is 244 cm³/mol. The Morgan fingerprint density at radius 1 is 0.483 bits per heavy atom. The second-order valence-electron chi connectivity index (χ2n) is 16.1. The Bertz CT molecular complexity index is 1040. The number of unbranched alkanes of at least 4 members (excludes halogenated alkanes) is 27. The van der Waals surface area contributed by atoms with E-state index in [1.165, 1.54) is 128 Å². The summed E-state index contributed by atoms with van der Waals surface area (Å²) < 4.78 is 32.7. The number of carbonyl (C=O) groups is 2. The summed E-state index contributed by atoms with van der Waals surface area (Å²) in [6.45, 7) is 5.38. The zero-order chi connectivity index (χ0) is 42.5. The van der Waals surface area contributed by atoms with Gasteiger partial charge in [0.2, 0.25) is 0 Å². The van der Waals surface area contributed by atoms with Crippen molar-refractivity contribution in [3.8, 4) is 0 Å². The summed E-state index contributed by atoms with van der Waals surface area (Å²) in [5, 5.41) is 0. The summed E-state index contributed by atoms with van der Waals surface area (Å²) >= 11 is 0. The van der Waals surface area contributed by atoms with Crippen molar-refractivity contribution in [2.75, 3.05) is 19.8 Å². The van der Waals surface area contributed by atoms with Crippen LogP contribution in [0.5, 0.6) is 0 Å². The van der Waals surface area contributed by atoms with Gasteiger partial charge in [-0.05, 0) is 51.9 Å². The number of esters is 2. The zero-order valence-electron chi connectivity index (χ0n) is 38.0. The average Bonchev–Trinajstić information content (AvgIpc) is 3.20. The smallest absolute Gasteiger partial charge is 0.462 e. The molecule has 0 saturated heterocycles. The number of hydrogen-bond acceptors (Lipinski definition) is 7. The van der Waals surface area contributed by atoms with E-state index in [9.17, 15) is 19.0 Å². The van der Waals surface area contributed by atoms with Gasteiger partial charge in [0.15, 0.2) is 6.10 Å². The Balaban J connectivity index is 3.95. The molecule has 0 fully saturated rings. The van der Waals surface area contributed by atoms with Crippen LogP contribution in [0, 0.1) is 0 Å². The molecule has 2 unspecified atom stereocenters. The fourth-order valence-corrected chi connectivity index (χ4v) is 7.70. The van der Waals surface area contributed by atoms with E-state index in [1.54, 1.807) is 6.92 Å². The van der Waals surface area contributed by atoms with Crippen molar-refractivity contribution >= 4 is 19.8 Å². The van der Waals surface area contributed by atoms with E-state index in [0.717, 1.165) is 70.6 Å². The maximum absolute atomic E-state index is 12.6. The summed E-state index contributed by atoms with van der Waals surface area (Å²) in [4.78, 5) is 34.8. The lowest BCUT2D eigenvalue weighted by molar-refractivity contribution is -0.161. The van der Waals surface area contributed by atoms with Crippen LogP contribution >= 0.6 is 7.82 Å². The van der Waals surface area contributed by atoms with Gasteiger partial charge in [0.1, 0.15) is 6.61 Å². The van der Waals surface area contributed by atoms with Gasteiger partial charge in [0.05, 0.1) is 13.2 Å².